The van der Waals surface area contributed by atoms with Crippen LogP contribution >= 0.6 is 11.3 Å². The number of hydrogen-bond acceptors (Lipinski definition) is 4. The lowest BCUT2D eigenvalue weighted by Crippen LogP contribution is -2.00. The molecule has 54 heavy (non-hydrogen) atoms. The van der Waals surface area contributed by atoms with Crippen molar-refractivity contribution in [2.75, 3.05) is 0 Å². The van der Waals surface area contributed by atoms with Crippen LogP contribution in [0.4, 0.5) is 0 Å². The first-order chi connectivity index (χ1) is 26.8. The van der Waals surface area contributed by atoms with Crippen LogP contribution in [0.1, 0.15) is 0 Å². The zero-order valence-electron chi connectivity index (χ0n) is 29.0. The number of nitrogens with zero attached hydrogens (tertiary/aromatic N) is 4. The minimum atomic E-state index is 0.659. The number of thiophene rings is 1. The van der Waals surface area contributed by atoms with E-state index in [9.17, 15) is 0 Å². The third-order valence-corrected chi connectivity index (χ3v) is 11.6. The Balaban J connectivity index is 1.12. The molecule has 11 rings (SSSR count). The summed E-state index contributed by atoms with van der Waals surface area (Å²) in [5.41, 5.74) is 8.82. The summed E-state index contributed by atoms with van der Waals surface area (Å²) < 4.78 is 4.83. The molecule has 0 aliphatic carbocycles. The highest BCUT2D eigenvalue weighted by Gasteiger charge is 2.19. The van der Waals surface area contributed by atoms with Crippen LogP contribution in [-0.2, 0) is 0 Å². The molecular weight excluding hydrogens is 677 g/mol. The van der Waals surface area contributed by atoms with E-state index in [-0.39, 0.29) is 0 Å². The van der Waals surface area contributed by atoms with Crippen molar-refractivity contribution in [1.29, 1.82) is 0 Å². The predicted octanol–water partition coefficient (Wildman–Crippen LogP) is 13.2. The second kappa shape index (κ2) is 12.3. The molecule has 3 aromatic heterocycles. The van der Waals surface area contributed by atoms with Crippen LogP contribution in [0.15, 0.2) is 182 Å². The summed E-state index contributed by atoms with van der Waals surface area (Å²) >= 11 is 1.81. The quantitative estimate of drug-likeness (QED) is 0.179. The number of para-hydroxylation sites is 1. The monoisotopic (exact) mass is 706 g/mol. The van der Waals surface area contributed by atoms with Crippen LogP contribution in [0, 0.1) is 0 Å². The summed E-state index contributed by atoms with van der Waals surface area (Å²) in [7, 11) is 0. The highest BCUT2D eigenvalue weighted by molar-refractivity contribution is 7.26. The molecule has 0 fully saturated rings. The second-order valence-electron chi connectivity index (χ2n) is 13.6. The molecule has 0 unspecified atom stereocenters. The lowest BCUT2D eigenvalue weighted by Gasteiger charge is -2.10. The maximum atomic E-state index is 5.11. The smallest absolute Gasteiger partial charge is 0.164 e. The molecule has 252 valence electrons. The Bertz CT molecular complexity index is 3140. The summed E-state index contributed by atoms with van der Waals surface area (Å²) in [6.07, 6.45) is 0. The summed E-state index contributed by atoms with van der Waals surface area (Å²) in [5.74, 6) is 1.99. The van der Waals surface area contributed by atoms with Crippen molar-refractivity contribution >= 4 is 64.1 Å². The molecule has 0 aliphatic rings. The molecule has 5 heteroatoms. The van der Waals surface area contributed by atoms with E-state index in [0.29, 0.717) is 17.5 Å². The molecule has 0 N–H and O–H groups in total. The van der Waals surface area contributed by atoms with Gasteiger partial charge < -0.3 is 4.57 Å². The van der Waals surface area contributed by atoms with Gasteiger partial charge in [-0.3, -0.25) is 0 Å². The largest absolute Gasteiger partial charge is 0.309 e. The van der Waals surface area contributed by atoms with E-state index in [1.165, 1.54) is 58.5 Å². The zero-order chi connectivity index (χ0) is 35.6. The van der Waals surface area contributed by atoms with E-state index in [2.05, 4.69) is 150 Å². The van der Waals surface area contributed by atoms with Gasteiger partial charge in [0.2, 0.25) is 0 Å². The highest BCUT2D eigenvalue weighted by atomic mass is 32.1. The molecule has 0 spiro atoms. The summed E-state index contributed by atoms with van der Waals surface area (Å²) in [5, 5.41) is 7.38. The first-order valence-electron chi connectivity index (χ1n) is 18.1. The Morgan fingerprint density at radius 3 is 1.72 bits per heavy atom. The van der Waals surface area contributed by atoms with Gasteiger partial charge in [-0.05, 0) is 70.4 Å². The van der Waals surface area contributed by atoms with Crippen molar-refractivity contribution in [3.63, 3.8) is 0 Å². The van der Waals surface area contributed by atoms with Gasteiger partial charge in [-0.25, -0.2) is 15.0 Å². The van der Waals surface area contributed by atoms with Crippen LogP contribution in [0.5, 0.6) is 0 Å². The van der Waals surface area contributed by atoms with Gasteiger partial charge in [0.1, 0.15) is 0 Å². The maximum Gasteiger partial charge on any atom is 0.164 e. The van der Waals surface area contributed by atoms with Gasteiger partial charge in [-0.1, -0.05) is 133 Å². The van der Waals surface area contributed by atoms with Crippen molar-refractivity contribution < 1.29 is 0 Å². The first-order valence-corrected chi connectivity index (χ1v) is 18.9. The lowest BCUT2D eigenvalue weighted by atomic mass is 9.98. The molecule has 0 atom stereocenters. The predicted molar refractivity (Wildman–Crippen MR) is 226 cm³/mol. The average molecular weight is 707 g/mol. The van der Waals surface area contributed by atoms with Crippen LogP contribution in [0.2, 0.25) is 0 Å². The lowest BCUT2D eigenvalue weighted by molar-refractivity contribution is 1.08. The van der Waals surface area contributed by atoms with Crippen molar-refractivity contribution in [2.24, 2.45) is 0 Å². The van der Waals surface area contributed by atoms with Gasteiger partial charge in [0.05, 0.1) is 11.0 Å². The van der Waals surface area contributed by atoms with Gasteiger partial charge in [0.15, 0.2) is 17.5 Å². The van der Waals surface area contributed by atoms with Crippen LogP contribution < -0.4 is 0 Å². The van der Waals surface area contributed by atoms with E-state index < -0.39 is 0 Å². The molecule has 0 saturated carbocycles. The fourth-order valence-corrected chi connectivity index (χ4v) is 9.06. The Hall–Kier alpha value is -6.95. The molecule has 11 aromatic rings. The Labute approximate surface area is 315 Å². The van der Waals surface area contributed by atoms with Crippen molar-refractivity contribution in [2.45, 2.75) is 0 Å². The van der Waals surface area contributed by atoms with Crippen LogP contribution in [0.25, 0.3) is 104 Å². The Kier molecular flexibility index (Phi) is 7.00. The summed E-state index contributed by atoms with van der Waals surface area (Å²) in [6.45, 7) is 0. The van der Waals surface area contributed by atoms with E-state index in [4.69, 9.17) is 15.0 Å². The van der Waals surface area contributed by atoms with Crippen molar-refractivity contribution in [1.82, 2.24) is 19.5 Å². The number of hydrogen-bond donors (Lipinski definition) is 0. The second-order valence-corrected chi connectivity index (χ2v) is 14.7. The zero-order valence-corrected chi connectivity index (χ0v) is 29.8. The number of benzene rings is 8. The molecule has 0 bridgehead atoms. The minimum absolute atomic E-state index is 0.659. The topological polar surface area (TPSA) is 43.6 Å². The molecule has 3 heterocycles. The number of rotatable bonds is 5. The summed E-state index contributed by atoms with van der Waals surface area (Å²) in [4.78, 5) is 15.2. The highest BCUT2D eigenvalue weighted by Crippen LogP contribution is 2.43. The normalized spacial score (nSPS) is 11.7. The van der Waals surface area contributed by atoms with Crippen molar-refractivity contribution in [3.05, 3.63) is 182 Å². The molecule has 4 nitrogen and oxygen atoms in total. The fourth-order valence-electron chi connectivity index (χ4n) is 7.95. The molecule has 0 amide bonds. The van der Waals surface area contributed by atoms with Gasteiger partial charge >= 0.3 is 0 Å². The molecule has 0 radical (unpaired) electrons. The van der Waals surface area contributed by atoms with E-state index >= 15 is 0 Å². The van der Waals surface area contributed by atoms with Gasteiger partial charge in [-0.15, -0.1) is 11.3 Å². The molecular formula is C49H30N4S. The fraction of sp³-hybridized carbons (Fsp3) is 0. The Morgan fingerprint density at radius 1 is 0.370 bits per heavy atom. The first kappa shape index (κ1) is 30.7. The average Bonchev–Trinajstić information content (AvgIpc) is 3.80. The minimum Gasteiger partial charge on any atom is -0.309 e. The molecule has 0 saturated heterocycles. The Morgan fingerprint density at radius 2 is 0.981 bits per heavy atom. The van der Waals surface area contributed by atoms with Crippen LogP contribution in [-0.4, -0.2) is 19.5 Å². The third-order valence-electron chi connectivity index (χ3n) is 10.4. The molecule has 8 aromatic carbocycles. The van der Waals surface area contributed by atoms with E-state index in [1.54, 1.807) is 0 Å². The maximum absolute atomic E-state index is 5.11. The number of fused-ring (bicyclic) bond motifs is 8. The standard InChI is InChI=1S/C49H30N4S/c1-4-14-32(15-5-1)47-50-48(33-16-6-2-7-17-33)52-49(51-47)38-21-12-22-44-46(38)40-30-35(25-28-43(40)54-44)34-24-26-41-39(29-34)45-37-20-11-10-13-31(37)23-27-42(45)53(41)36-18-8-3-9-19-36/h1-30H. The third kappa shape index (κ3) is 4.94. The van der Waals surface area contributed by atoms with Gasteiger partial charge in [0, 0.05) is 53.3 Å². The number of aromatic nitrogens is 4. The van der Waals surface area contributed by atoms with Gasteiger partial charge in [-0.2, -0.15) is 0 Å². The van der Waals surface area contributed by atoms with Crippen LogP contribution in [0.3, 0.4) is 0 Å². The summed E-state index contributed by atoms with van der Waals surface area (Å²) in [6, 6.07) is 64.5. The molecule has 0 aliphatic heterocycles. The van der Waals surface area contributed by atoms with E-state index in [0.717, 1.165) is 27.8 Å². The van der Waals surface area contributed by atoms with E-state index in [1.807, 2.05) is 47.7 Å². The van der Waals surface area contributed by atoms with Gasteiger partial charge in [0.25, 0.3) is 0 Å². The van der Waals surface area contributed by atoms with Crippen molar-refractivity contribution in [3.8, 4) is 51.0 Å². The SMILES string of the molecule is c1ccc(-c2nc(-c3ccccc3)nc(-c3cccc4sc5ccc(-c6ccc7c(c6)c6c8ccccc8ccc6n7-c6ccccc6)cc5c34)n2)cc1.